The van der Waals surface area contributed by atoms with Crippen LogP contribution in [0.4, 0.5) is 11.4 Å². The number of benzene rings is 2. The Hall–Kier alpha value is -3.52. The Kier molecular flexibility index (Phi) is 6.62. The van der Waals surface area contributed by atoms with E-state index >= 15 is 0 Å². The second-order valence-corrected chi connectivity index (χ2v) is 11.2. The minimum atomic E-state index is -0.941. The normalized spacial score (nSPS) is 21.5. The topological polar surface area (TPSA) is 100 Å². The van der Waals surface area contributed by atoms with Crippen molar-refractivity contribution in [2.45, 2.75) is 58.6 Å². The summed E-state index contributed by atoms with van der Waals surface area (Å²) < 4.78 is 6.36. The summed E-state index contributed by atoms with van der Waals surface area (Å²) in [7, 11) is 0. The van der Waals surface area contributed by atoms with Crippen LogP contribution in [0.15, 0.2) is 46.8 Å². The summed E-state index contributed by atoms with van der Waals surface area (Å²) in [6, 6.07) is 12.0. The molecule has 4 N–H and O–H groups in total. The van der Waals surface area contributed by atoms with Crippen LogP contribution in [0.2, 0.25) is 0 Å². The summed E-state index contributed by atoms with van der Waals surface area (Å²) in [5.41, 5.74) is 10.6. The quantitative estimate of drug-likeness (QED) is 0.330. The number of phenolic OH excluding ortho intramolecular Hbond substituents is 1. The lowest BCUT2D eigenvalue weighted by Gasteiger charge is -2.37. The summed E-state index contributed by atoms with van der Waals surface area (Å²) >= 11 is 1.57. The predicted octanol–water partition coefficient (Wildman–Crippen LogP) is 4.89. The highest BCUT2D eigenvalue weighted by Crippen LogP contribution is 2.43. The van der Waals surface area contributed by atoms with E-state index in [9.17, 15) is 9.90 Å². The van der Waals surface area contributed by atoms with Gasteiger partial charge in [-0.05, 0) is 92.9 Å². The van der Waals surface area contributed by atoms with Gasteiger partial charge in [-0.15, -0.1) is 11.3 Å². The van der Waals surface area contributed by atoms with Crippen molar-refractivity contribution in [2.75, 3.05) is 18.0 Å². The van der Waals surface area contributed by atoms with Crippen LogP contribution in [0.5, 0.6) is 11.5 Å². The lowest BCUT2D eigenvalue weighted by molar-refractivity contribution is -0.137. The van der Waals surface area contributed by atoms with Gasteiger partial charge in [-0.1, -0.05) is 6.07 Å². The smallest absolute Gasteiger partial charge is 0.264 e. The molecule has 5 rings (SSSR count). The number of thiophene rings is 1. The van der Waals surface area contributed by atoms with Gasteiger partial charge >= 0.3 is 0 Å². The molecule has 0 aliphatic carbocycles. The first-order chi connectivity index (χ1) is 17.7. The Labute approximate surface area is 222 Å². The fourth-order valence-corrected chi connectivity index (χ4v) is 5.84. The maximum Gasteiger partial charge on any atom is 0.264 e. The number of phenols is 1. The molecule has 0 spiro atoms. The zero-order valence-electron chi connectivity index (χ0n) is 21.8. The van der Waals surface area contributed by atoms with E-state index in [-0.39, 0.29) is 11.9 Å². The van der Waals surface area contributed by atoms with E-state index in [1.54, 1.807) is 11.3 Å². The molecular weight excluding hydrogens is 484 g/mol. The van der Waals surface area contributed by atoms with Crippen molar-refractivity contribution in [3.8, 4) is 11.5 Å². The Balaban J connectivity index is 1.22. The number of carbonyl (C=O) groups is 1. The predicted molar refractivity (Wildman–Crippen MR) is 150 cm³/mol. The highest BCUT2D eigenvalue weighted by atomic mass is 32.1. The van der Waals surface area contributed by atoms with Gasteiger partial charge in [-0.2, -0.15) is 0 Å². The molecule has 1 aromatic heterocycles. The molecule has 0 saturated carbocycles. The van der Waals surface area contributed by atoms with E-state index < -0.39 is 5.60 Å². The molecule has 8 heteroatoms. The molecule has 1 saturated heterocycles. The fourth-order valence-electron chi connectivity index (χ4n) is 5.21. The van der Waals surface area contributed by atoms with Gasteiger partial charge < -0.3 is 25.8 Å². The van der Waals surface area contributed by atoms with Crippen molar-refractivity contribution in [1.82, 2.24) is 5.32 Å². The van der Waals surface area contributed by atoms with E-state index in [0.29, 0.717) is 24.4 Å². The molecule has 2 atom stereocenters. The maximum atomic E-state index is 13.4. The molecule has 7 nitrogen and oxygen atoms in total. The molecule has 1 amide bonds. The maximum absolute atomic E-state index is 13.4. The third-order valence-electron chi connectivity index (χ3n) is 7.76. The van der Waals surface area contributed by atoms with Gasteiger partial charge in [0.05, 0.1) is 10.6 Å². The minimum Gasteiger partial charge on any atom is -0.507 e. The number of fused-ring (bicyclic) bond motifs is 1. The molecular formula is C29H34N4O3S. The number of hydrogen-bond donors (Lipinski definition) is 3. The van der Waals surface area contributed by atoms with Crippen molar-refractivity contribution in [3.05, 3.63) is 68.9 Å². The van der Waals surface area contributed by atoms with E-state index in [4.69, 9.17) is 10.5 Å². The number of nitrogens with zero attached hydrogens (tertiary/aromatic N) is 2. The molecule has 194 valence electrons. The summed E-state index contributed by atoms with van der Waals surface area (Å²) in [5, 5.41) is 15.7. The number of amides is 1. The van der Waals surface area contributed by atoms with Gasteiger partial charge in [0.15, 0.2) is 5.60 Å². The average molecular weight is 519 g/mol. The van der Waals surface area contributed by atoms with Gasteiger partial charge in [-0.25, -0.2) is 4.99 Å². The fraction of sp³-hybridized carbons (Fsp3) is 0.379. The minimum absolute atomic E-state index is 0.0471. The Morgan fingerprint density at radius 1 is 1.19 bits per heavy atom. The molecule has 37 heavy (non-hydrogen) atoms. The van der Waals surface area contributed by atoms with Gasteiger partial charge in [-0.3, -0.25) is 4.79 Å². The molecule has 2 aliphatic heterocycles. The number of aliphatic imine (C=N–C) groups is 1. The number of ether oxygens (including phenoxy) is 1. The Morgan fingerprint density at radius 3 is 2.65 bits per heavy atom. The van der Waals surface area contributed by atoms with Gasteiger partial charge in [0.1, 0.15) is 17.3 Å². The molecule has 2 aromatic carbocycles. The Bertz CT molecular complexity index is 1350. The lowest BCUT2D eigenvalue weighted by atomic mass is 9.86. The third kappa shape index (κ3) is 4.78. The van der Waals surface area contributed by atoms with Gasteiger partial charge in [0.2, 0.25) is 0 Å². The largest absolute Gasteiger partial charge is 0.507 e. The van der Waals surface area contributed by atoms with Crippen LogP contribution in [-0.4, -0.2) is 41.6 Å². The van der Waals surface area contributed by atoms with E-state index in [1.165, 1.54) is 0 Å². The number of nitrogens with one attached hydrogen (secondary N) is 1. The number of nitrogens with two attached hydrogens (primary N) is 1. The number of rotatable bonds is 5. The third-order valence-corrected chi connectivity index (χ3v) is 8.65. The van der Waals surface area contributed by atoms with E-state index in [1.807, 2.05) is 57.3 Å². The molecule has 0 bridgehead atoms. The van der Waals surface area contributed by atoms with E-state index in [0.717, 1.165) is 63.8 Å². The van der Waals surface area contributed by atoms with E-state index in [2.05, 4.69) is 27.3 Å². The molecule has 1 fully saturated rings. The summed E-state index contributed by atoms with van der Waals surface area (Å²) in [4.78, 5) is 21.2. The van der Waals surface area contributed by atoms with Crippen molar-refractivity contribution in [3.63, 3.8) is 0 Å². The number of amidine groups is 1. The average Bonchev–Trinajstić information content (AvgIpc) is 3.59. The summed E-state index contributed by atoms with van der Waals surface area (Å²) in [6.07, 6.45) is 2.14. The number of carbonyl (C=O) groups excluding carboxylic acids is 1. The number of anilines is 1. The number of aromatic hydroxyl groups is 1. The molecule has 0 radical (unpaired) electrons. The van der Waals surface area contributed by atoms with Crippen LogP contribution < -0.4 is 20.7 Å². The van der Waals surface area contributed by atoms with Crippen LogP contribution >= 0.6 is 11.3 Å². The van der Waals surface area contributed by atoms with Crippen molar-refractivity contribution in [2.24, 2.45) is 10.7 Å². The highest BCUT2D eigenvalue weighted by Gasteiger charge is 2.42. The van der Waals surface area contributed by atoms with Crippen molar-refractivity contribution in [1.29, 1.82) is 0 Å². The SMILES string of the molecule is Cc1c(C)c2c(c(C)c1O)CCC(C)(C(=O)NC1CCN(c3ccc(N=C(N)c4cccs4)cc3)C1)O2. The highest BCUT2D eigenvalue weighted by molar-refractivity contribution is 7.12. The van der Waals surface area contributed by atoms with Crippen molar-refractivity contribution < 1.29 is 14.6 Å². The van der Waals surface area contributed by atoms with Gasteiger partial charge in [0, 0.05) is 36.8 Å². The van der Waals surface area contributed by atoms with Gasteiger partial charge in [0.25, 0.3) is 5.91 Å². The van der Waals surface area contributed by atoms with Crippen LogP contribution in [0.1, 0.15) is 46.9 Å². The monoisotopic (exact) mass is 518 g/mol. The molecule has 3 heterocycles. The van der Waals surface area contributed by atoms with Crippen LogP contribution in [0.3, 0.4) is 0 Å². The second kappa shape index (κ2) is 9.74. The van der Waals surface area contributed by atoms with Crippen LogP contribution in [-0.2, 0) is 11.2 Å². The zero-order valence-corrected chi connectivity index (χ0v) is 22.6. The second-order valence-electron chi connectivity index (χ2n) is 10.3. The summed E-state index contributed by atoms with van der Waals surface area (Å²) in [5.74, 6) is 1.50. The molecule has 2 unspecified atom stereocenters. The summed E-state index contributed by atoms with van der Waals surface area (Å²) in [6.45, 7) is 9.22. The van der Waals surface area contributed by atoms with Crippen LogP contribution in [0, 0.1) is 20.8 Å². The first kappa shape index (κ1) is 25.1. The lowest BCUT2D eigenvalue weighted by Crippen LogP contribution is -2.54. The zero-order chi connectivity index (χ0) is 26.3. The van der Waals surface area contributed by atoms with Crippen molar-refractivity contribution >= 4 is 34.5 Å². The Morgan fingerprint density at radius 2 is 1.95 bits per heavy atom. The molecule has 2 aliphatic rings. The first-order valence-corrected chi connectivity index (χ1v) is 13.6. The molecule has 3 aromatic rings. The van der Waals surface area contributed by atoms with Crippen LogP contribution in [0.25, 0.3) is 0 Å². The first-order valence-electron chi connectivity index (χ1n) is 12.7. The standard InChI is InChI=1S/C29H34N4O3S/c1-17-18(2)26-23(19(3)25(17)34)11-13-29(4,36-26)28(35)32-21-12-14-33(16-21)22-9-7-20(8-10-22)31-27(30)24-6-5-15-37-24/h5-10,15,21,34H,11-14,16H2,1-4H3,(H2,30,31)(H,32,35). The number of hydrogen-bond acceptors (Lipinski definition) is 6.